The molecule has 1 saturated heterocycles. The third-order valence-corrected chi connectivity index (χ3v) is 4.10. The monoisotopic (exact) mass is 305 g/mol. The van der Waals surface area contributed by atoms with Gasteiger partial charge in [0.1, 0.15) is 0 Å². The first-order chi connectivity index (χ1) is 11.2. The minimum Gasteiger partial charge on any atom is -0.368 e. The minimum atomic E-state index is 0.388. The van der Waals surface area contributed by atoms with Crippen LogP contribution >= 0.6 is 0 Å². The van der Waals surface area contributed by atoms with Gasteiger partial charge in [0.05, 0.1) is 11.6 Å². The summed E-state index contributed by atoms with van der Waals surface area (Å²) in [6.45, 7) is 5.58. The number of rotatable bonds is 3. The molecule has 2 heterocycles. The fourth-order valence-corrected chi connectivity index (χ4v) is 2.95. The molecular formula is C18H19N5. The summed E-state index contributed by atoms with van der Waals surface area (Å²) in [4.78, 5) is 6.80. The van der Waals surface area contributed by atoms with Gasteiger partial charge in [0.15, 0.2) is 0 Å². The molecule has 0 atom stereocenters. The van der Waals surface area contributed by atoms with Gasteiger partial charge in [0.25, 0.3) is 0 Å². The van der Waals surface area contributed by atoms with Crippen LogP contribution in [0.15, 0.2) is 36.5 Å². The second kappa shape index (κ2) is 6.59. The van der Waals surface area contributed by atoms with Gasteiger partial charge in [0.2, 0.25) is 0 Å². The summed E-state index contributed by atoms with van der Waals surface area (Å²) in [7, 11) is 0. The second-order valence-electron chi connectivity index (χ2n) is 5.61. The third kappa shape index (κ3) is 3.08. The van der Waals surface area contributed by atoms with Crippen LogP contribution in [0.1, 0.15) is 12.5 Å². The van der Waals surface area contributed by atoms with Crippen molar-refractivity contribution in [3.63, 3.8) is 0 Å². The van der Waals surface area contributed by atoms with Crippen molar-refractivity contribution in [2.24, 2.45) is 0 Å². The molecule has 0 unspecified atom stereocenters. The Bertz CT molecular complexity index is 810. The van der Waals surface area contributed by atoms with Gasteiger partial charge in [-0.25, -0.2) is 0 Å². The number of pyridine rings is 1. The Morgan fingerprint density at radius 1 is 1.35 bits per heavy atom. The molecular weight excluding hydrogens is 286 g/mol. The van der Waals surface area contributed by atoms with Gasteiger partial charge in [-0.05, 0) is 30.7 Å². The van der Waals surface area contributed by atoms with Crippen LogP contribution in [-0.4, -0.2) is 36.9 Å². The average molecular weight is 305 g/mol. The lowest BCUT2D eigenvalue weighted by Crippen LogP contribution is -2.43. The van der Waals surface area contributed by atoms with Crippen molar-refractivity contribution in [2.75, 3.05) is 31.1 Å². The molecule has 1 aliphatic heterocycles. The lowest BCUT2D eigenvalue weighted by Gasteiger charge is -2.30. The molecule has 1 aromatic carbocycles. The Morgan fingerprint density at radius 3 is 2.83 bits per heavy atom. The molecule has 0 saturated carbocycles. The van der Waals surface area contributed by atoms with E-state index >= 15 is 0 Å². The maximum Gasteiger partial charge on any atom is 0.0919 e. The van der Waals surface area contributed by atoms with Gasteiger partial charge < -0.3 is 15.6 Å². The number of aromatic nitrogens is 1. The molecule has 1 fully saturated rings. The van der Waals surface area contributed by atoms with Crippen molar-refractivity contribution in [1.29, 1.82) is 10.7 Å². The van der Waals surface area contributed by atoms with Gasteiger partial charge in [-0.1, -0.05) is 6.07 Å². The van der Waals surface area contributed by atoms with Crippen molar-refractivity contribution in [3.8, 4) is 6.07 Å². The van der Waals surface area contributed by atoms with Crippen molar-refractivity contribution in [3.05, 3.63) is 42.1 Å². The maximum atomic E-state index is 8.97. The molecule has 0 spiro atoms. The standard InChI is InChI=1S/C18H19N5/c1-13(20)15(4-6-19)14-2-3-17-16(12-14)18(5-7-22-17)23-10-8-21-9-11-23/h2-5,7,12,20-21H,8-11H2,1H3/b15-4+,20-13?. The van der Waals surface area contributed by atoms with E-state index < -0.39 is 0 Å². The zero-order valence-electron chi connectivity index (χ0n) is 13.1. The van der Waals surface area contributed by atoms with Gasteiger partial charge >= 0.3 is 0 Å². The van der Waals surface area contributed by atoms with E-state index in [0.717, 1.165) is 48.3 Å². The summed E-state index contributed by atoms with van der Waals surface area (Å²) >= 11 is 0. The topological polar surface area (TPSA) is 75.8 Å². The highest BCUT2D eigenvalue weighted by Crippen LogP contribution is 2.29. The number of anilines is 1. The Hall–Kier alpha value is -2.71. The fourth-order valence-electron chi connectivity index (χ4n) is 2.95. The Balaban J connectivity index is 2.12. The molecule has 1 aliphatic rings. The van der Waals surface area contributed by atoms with Crippen LogP contribution in [0.3, 0.4) is 0 Å². The molecule has 0 amide bonds. The molecule has 2 N–H and O–H groups in total. The molecule has 1 aromatic heterocycles. The van der Waals surface area contributed by atoms with Crippen LogP contribution in [0.2, 0.25) is 0 Å². The first-order valence-corrected chi connectivity index (χ1v) is 7.71. The van der Waals surface area contributed by atoms with E-state index in [1.165, 1.54) is 6.08 Å². The number of nitrogens with one attached hydrogen (secondary N) is 2. The van der Waals surface area contributed by atoms with Crippen molar-refractivity contribution >= 4 is 27.9 Å². The predicted octanol–water partition coefficient (Wildman–Crippen LogP) is 2.59. The van der Waals surface area contributed by atoms with E-state index in [2.05, 4.69) is 15.2 Å². The average Bonchev–Trinajstić information content (AvgIpc) is 2.59. The summed E-state index contributed by atoms with van der Waals surface area (Å²) in [5.74, 6) is 0. The van der Waals surface area contributed by atoms with Crippen LogP contribution < -0.4 is 10.2 Å². The summed E-state index contributed by atoms with van der Waals surface area (Å²) in [6, 6.07) is 10.0. The number of nitriles is 1. The zero-order chi connectivity index (χ0) is 16.2. The first kappa shape index (κ1) is 15.2. The van der Waals surface area contributed by atoms with E-state index in [-0.39, 0.29) is 0 Å². The Morgan fingerprint density at radius 2 is 2.13 bits per heavy atom. The molecule has 116 valence electrons. The summed E-state index contributed by atoms with van der Waals surface area (Å²) in [5, 5.41) is 21.3. The number of hydrogen-bond donors (Lipinski definition) is 2. The van der Waals surface area contributed by atoms with Crippen LogP contribution in [0.25, 0.3) is 16.5 Å². The minimum absolute atomic E-state index is 0.388. The highest BCUT2D eigenvalue weighted by atomic mass is 15.2. The predicted molar refractivity (Wildman–Crippen MR) is 93.8 cm³/mol. The van der Waals surface area contributed by atoms with Crippen molar-refractivity contribution in [1.82, 2.24) is 10.3 Å². The van der Waals surface area contributed by atoms with Crippen molar-refractivity contribution < 1.29 is 0 Å². The van der Waals surface area contributed by atoms with Crippen molar-refractivity contribution in [2.45, 2.75) is 6.92 Å². The number of hydrogen-bond acceptors (Lipinski definition) is 5. The number of piperazine rings is 1. The number of allylic oxidation sites excluding steroid dienone is 2. The molecule has 5 heteroatoms. The largest absolute Gasteiger partial charge is 0.368 e. The number of fused-ring (bicyclic) bond motifs is 1. The van der Waals surface area contributed by atoms with E-state index in [4.69, 9.17) is 10.7 Å². The van der Waals surface area contributed by atoms with Gasteiger partial charge in [-0.3, -0.25) is 4.98 Å². The summed E-state index contributed by atoms with van der Waals surface area (Å²) in [5.41, 5.74) is 4.03. The lowest BCUT2D eigenvalue weighted by molar-refractivity contribution is 0.590. The van der Waals surface area contributed by atoms with Gasteiger partial charge in [-0.2, -0.15) is 5.26 Å². The highest BCUT2D eigenvalue weighted by molar-refractivity contribution is 6.22. The van der Waals surface area contributed by atoms with Crippen LogP contribution in [-0.2, 0) is 0 Å². The zero-order valence-corrected chi connectivity index (χ0v) is 13.1. The molecule has 3 rings (SSSR count). The summed E-state index contributed by atoms with van der Waals surface area (Å²) < 4.78 is 0. The smallest absolute Gasteiger partial charge is 0.0919 e. The fraction of sp³-hybridized carbons (Fsp3) is 0.278. The van der Waals surface area contributed by atoms with Crippen LogP contribution in [0, 0.1) is 16.7 Å². The van der Waals surface area contributed by atoms with Gasteiger partial charge in [0, 0.05) is 60.8 Å². The normalized spacial score (nSPS) is 15.5. The Kier molecular flexibility index (Phi) is 4.35. The van der Waals surface area contributed by atoms with Crippen LogP contribution in [0.5, 0.6) is 0 Å². The maximum absolute atomic E-state index is 8.97. The molecule has 0 bridgehead atoms. The summed E-state index contributed by atoms with van der Waals surface area (Å²) in [6.07, 6.45) is 3.28. The third-order valence-electron chi connectivity index (χ3n) is 4.10. The number of benzene rings is 1. The molecule has 0 aliphatic carbocycles. The number of nitrogens with zero attached hydrogens (tertiary/aromatic N) is 3. The second-order valence-corrected chi connectivity index (χ2v) is 5.61. The van der Waals surface area contributed by atoms with E-state index in [1.807, 2.05) is 36.5 Å². The highest BCUT2D eigenvalue weighted by Gasteiger charge is 2.14. The van der Waals surface area contributed by atoms with Gasteiger partial charge in [-0.15, -0.1) is 0 Å². The Labute approximate surface area is 135 Å². The van der Waals surface area contributed by atoms with Crippen LogP contribution in [0.4, 0.5) is 5.69 Å². The molecule has 0 radical (unpaired) electrons. The SMILES string of the molecule is CC(=N)/C(=C\C#N)c1ccc2nccc(N3CCNCC3)c2c1. The van der Waals surface area contributed by atoms with E-state index in [9.17, 15) is 0 Å². The quantitative estimate of drug-likeness (QED) is 0.675. The molecule has 5 nitrogen and oxygen atoms in total. The molecule has 23 heavy (non-hydrogen) atoms. The van der Waals surface area contributed by atoms with E-state index in [1.54, 1.807) is 6.92 Å². The van der Waals surface area contributed by atoms with E-state index in [0.29, 0.717) is 11.3 Å². The molecule has 2 aromatic rings. The lowest BCUT2D eigenvalue weighted by atomic mass is 9.99. The first-order valence-electron chi connectivity index (χ1n) is 7.71.